The number of ether oxygens (including phenoxy) is 3. The van der Waals surface area contributed by atoms with Crippen LogP contribution in [0.4, 0.5) is 24.5 Å². The monoisotopic (exact) mass is 584 g/mol. The molecule has 4 aromatic rings. The van der Waals surface area contributed by atoms with Crippen LogP contribution in [-0.2, 0) is 38.4 Å². The molecule has 220 valence electrons. The van der Waals surface area contributed by atoms with Crippen molar-refractivity contribution in [3.8, 4) is 11.5 Å². The van der Waals surface area contributed by atoms with E-state index in [2.05, 4.69) is 15.0 Å². The number of nitrogens with zero attached hydrogens (tertiary/aromatic N) is 3. The standard InChI is InChI=1S/C29H27F3N4O6/c1-35(2)23-6-4-5-7-24(23)42-25-12-20-21(33-17-36(28(20)39)14-27(38)40-3)13-22(25)34-26(37)16-41-15-18-8-10-19(11-9-18)29(30,31)32/h4-13,17H,14-16H2,1-3H3,(H,34,37). The van der Waals surface area contributed by atoms with Gasteiger partial charge in [0.15, 0.2) is 11.5 Å². The summed E-state index contributed by atoms with van der Waals surface area (Å²) in [5, 5.41) is 2.82. The number of benzene rings is 3. The van der Waals surface area contributed by atoms with Gasteiger partial charge in [0.25, 0.3) is 5.56 Å². The molecule has 1 N–H and O–H groups in total. The molecule has 1 heterocycles. The van der Waals surface area contributed by atoms with Crippen LogP contribution >= 0.6 is 0 Å². The normalized spacial score (nSPS) is 11.3. The predicted octanol–water partition coefficient (Wildman–Crippen LogP) is 4.60. The van der Waals surface area contributed by atoms with Crippen LogP contribution in [0.3, 0.4) is 0 Å². The zero-order valence-corrected chi connectivity index (χ0v) is 22.9. The fourth-order valence-corrected chi connectivity index (χ4v) is 3.95. The SMILES string of the molecule is COC(=O)Cn1cnc2cc(NC(=O)COCc3ccc(C(F)(F)F)cc3)c(Oc3ccccc3N(C)C)cc2c1=O. The summed E-state index contributed by atoms with van der Waals surface area (Å²) in [6.45, 7) is -0.849. The number of fused-ring (bicyclic) bond motifs is 1. The average Bonchev–Trinajstić information content (AvgIpc) is 2.95. The van der Waals surface area contributed by atoms with Gasteiger partial charge in [-0.05, 0) is 42.0 Å². The molecule has 0 radical (unpaired) electrons. The Morgan fingerprint density at radius 2 is 1.74 bits per heavy atom. The number of alkyl halides is 3. The van der Waals surface area contributed by atoms with E-state index in [1.807, 2.05) is 31.1 Å². The van der Waals surface area contributed by atoms with Gasteiger partial charge in [-0.3, -0.25) is 19.0 Å². The molecule has 42 heavy (non-hydrogen) atoms. The van der Waals surface area contributed by atoms with Crippen molar-refractivity contribution < 1.29 is 37.0 Å². The van der Waals surface area contributed by atoms with E-state index in [1.54, 1.807) is 12.1 Å². The molecule has 0 aliphatic heterocycles. The Hall–Kier alpha value is -4.91. The summed E-state index contributed by atoms with van der Waals surface area (Å²) in [5.74, 6) is -0.641. The van der Waals surface area contributed by atoms with Crippen molar-refractivity contribution in [3.63, 3.8) is 0 Å². The minimum atomic E-state index is -4.45. The Bertz CT molecular complexity index is 1650. The van der Waals surface area contributed by atoms with Gasteiger partial charge in [-0.2, -0.15) is 13.2 Å². The molecule has 0 aliphatic rings. The highest BCUT2D eigenvalue weighted by Crippen LogP contribution is 2.36. The molecule has 0 saturated carbocycles. The number of nitrogens with one attached hydrogen (secondary N) is 1. The summed E-state index contributed by atoms with van der Waals surface area (Å²) in [7, 11) is 4.86. The first-order chi connectivity index (χ1) is 20.0. The zero-order valence-electron chi connectivity index (χ0n) is 22.9. The summed E-state index contributed by atoms with van der Waals surface area (Å²) in [4.78, 5) is 43.7. The largest absolute Gasteiger partial charge is 0.468 e. The smallest absolute Gasteiger partial charge is 0.416 e. The number of methoxy groups -OCH3 is 1. The van der Waals surface area contributed by atoms with E-state index in [-0.39, 0.29) is 35.5 Å². The molecule has 4 rings (SSSR count). The maximum Gasteiger partial charge on any atom is 0.416 e. The predicted molar refractivity (Wildman–Crippen MR) is 149 cm³/mol. The van der Waals surface area contributed by atoms with E-state index in [0.29, 0.717) is 11.3 Å². The van der Waals surface area contributed by atoms with Crippen LogP contribution in [0.5, 0.6) is 11.5 Å². The number of carbonyl (C=O) groups is 2. The van der Waals surface area contributed by atoms with Gasteiger partial charge in [0.2, 0.25) is 5.91 Å². The molecule has 0 saturated heterocycles. The highest BCUT2D eigenvalue weighted by atomic mass is 19.4. The number of carbonyl (C=O) groups excluding carboxylic acids is 2. The number of anilines is 2. The lowest BCUT2D eigenvalue weighted by atomic mass is 10.1. The molecule has 0 atom stereocenters. The van der Waals surface area contributed by atoms with E-state index in [1.165, 1.54) is 37.7 Å². The first-order valence-electron chi connectivity index (χ1n) is 12.5. The topological polar surface area (TPSA) is 112 Å². The highest BCUT2D eigenvalue weighted by Gasteiger charge is 2.29. The second kappa shape index (κ2) is 12.7. The number of amides is 1. The third-order valence-electron chi connectivity index (χ3n) is 6.08. The van der Waals surface area contributed by atoms with Crippen LogP contribution in [0.25, 0.3) is 10.9 Å². The number of rotatable bonds is 10. The van der Waals surface area contributed by atoms with Gasteiger partial charge in [-0.1, -0.05) is 24.3 Å². The Balaban J connectivity index is 1.59. The summed E-state index contributed by atoms with van der Waals surface area (Å²) in [5.41, 5.74) is 0.303. The molecule has 1 aromatic heterocycles. The number of esters is 1. The quantitative estimate of drug-likeness (QED) is 0.269. The second-order valence-electron chi connectivity index (χ2n) is 9.32. The Morgan fingerprint density at radius 1 is 1.02 bits per heavy atom. The minimum Gasteiger partial charge on any atom is -0.468 e. The van der Waals surface area contributed by atoms with Crippen LogP contribution in [0.2, 0.25) is 0 Å². The lowest BCUT2D eigenvalue weighted by Crippen LogP contribution is -2.25. The molecule has 0 aliphatic carbocycles. The van der Waals surface area contributed by atoms with Crippen molar-refractivity contribution in [1.82, 2.24) is 9.55 Å². The Labute approximate surface area is 238 Å². The fraction of sp³-hybridized carbons (Fsp3) is 0.241. The Kier molecular flexibility index (Phi) is 9.11. The summed E-state index contributed by atoms with van der Waals surface area (Å²) < 4.78 is 55.7. The molecular formula is C29H27F3N4O6. The van der Waals surface area contributed by atoms with Crippen molar-refractivity contribution in [3.05, 3.63) is 88.5 Å². The molecule has 0 bridgehead atoms. The van der Waals surface area contributed by atoms with Crippen molar-refractivity contribution in [1.29, 1.82) is 0 Å². The third-order valence-corrected chi connectivity index (χ3v) is 6.08. The van der Waals surface area contributed by atoms with Gasteiger partial charge < -0.3 is 24.4 Å². The average molecular weight is 585 g/mol. The van der Waals surface area contributed by atoms with Crippen LogP contribution in [0.1, 0.15) is 11.1 Å². The first kappa shape index (κ1) is 30.1. The van der Waals surface area contributed by atoms with Crippen LogP contribution in [0, 0.1) is 0 Å². The molecule has 10 nitrogen and oxygen atoms in total. The van der Waals surface area contributed by atoms with E-state index in [9.17, 15) is 27.6 Å². The molecule has 0 fully saturated rings. The molecule has 13 heteroatoms. The van der Waals surface area contributed by atoms with Gasteiger partial charge >= 0.3 is 12.1 Å². The van der Waals surface area contributed by atoms with E-state index in [4.69, 9.17) is 9.47 Å². The number of halogens is 3. The molecule has 1 amide bonds. The van der Waals surface area contributed by atoms with Gasteiger partial charge in [0, 0.05) is 14.1 Å². The molecule has 0 spiro atoms. The van der Waals surface area contributed by atoms with Crippen LogP contribution < -0.4 is 20.5 Å². The van der Waals surface area contributed by atoms with Crippen molar-refractivity contribution in [2.75, 3.05) is 38.0 Å². The van der Waals surface area contributed by atoms with Gasteiger partial charge in [-0.15, -0.1) is 0 Å². The van der Waals surface area contributed by atoms with Gasteiger partial charge in [0.1, 0.15) is 13.2 Å². The highest BCUT2D eigenvalue weighted by molar-refractivity contribution is 5.96. The Morgan fingerprint density at radius 3 is 2.40 bits per heavy atom. The van der Waals surface area contributed by atoms with Gasteiger partial charge in [-0.25, -0.2) is 4.98 Å². The summed E-state index contributed by atoms with van der Waals surface area (Å²) in [6.07, 6.45) is -3.25. The van der Waals surface area contributed by atoms with E-state index >= 15 is 0 Å². The lowest BCUT2D eigenvalue weighted by molar-refractivity contribution is -0.141. The van der Waals surface area contributed by atoms with Crippen molar-refractivity contribution >= 4 is 34.2 Å². The maximum absolute atomic E-state index is 13.1. The molecule has 3 aromatic carbocycles. The maximum atomic E-state index is 13.1. The lowest BCUT2D eigenvalue weighted by Gasteiger charge is -2.19. The summed E-state index contributed by atoms with van der Waals surface area (Å²) in [6, 6.07) is 14.4. The van der Waals surface area contributed by atoms with Crippen molar-refractivity contribution in [2.45, 2.75) is 19.3 Å². The second-order valence-corrected chi connectivity index (χ2v) is 9.32. The van der Waals surface area contributed by atoms with Gasteiger partial charge in [0.05, 0.1) is 47.9 Å². The van der Waals surface area contributed by atoms with Crippen LogP contribution in [0.15, 0.2) is 71.8 Å². The zero-order chi connectivity index (χ0) is 30.4. The van der Waals surface area contributed by atoms with Crippen molar-refractivity contribution in [2.24, 2.45) is 0 Å². The first-order valence-corrected chi connectivity index (χ1v) is 12.5. The molecule has 0 unspecified atom stereocenters. The number of hydrogen-bond donors (Lipinski definition) is 1. The van der Waals surface area contributed by atoms with E-state index < -0.39 is 35.8 Å². The minimum absolute atomic E-state index is 0.0931. The number of aromatic nitrogens is 2. The van der Waals surface area contributed by atoms with Crippen LogP contribution in [-0.4, -0.2) is 49.2 Å². The fourth-order valence-electron chi connectivity index (χ4n) is 3.95. The number of hydrogen-bond acceptors (Lipinski definition) is 8. The third kappa shape index (κ3) is 7.23. The van der Waals surface area contributed by atoms with E-state index in [0.717, 1.165) is 22.4 Å². The molecular weight excluding hydrogens is 557 g/mol. The summed E-state index contributed by atoms with van der Waals surface area (Å²) >= 11 is 0. The number of para-hydroxylation sites is 2.